The molecule has 1 aliphatic rings. The fourth-order valence-corrected chi connectivity index (χ4v) is 2.35. The van der Waals surface area contributed by atoms with Crippen LogP contribution in [0, 0.1) is 0 Å². The summed E-state index contributed by atoms with van der Waals surface area (Å²) in [7, 11) is 1.77. The SMILES string of the molecule is CN(Cc1ccc(OCC(=O)O)cc1)C(=O)CC1CCCO1. The number of ether oxygens (including phenoxy) is 2. The number of hydrogen-bond acceptors (Lipinski definition) is 4. The third-order valence-corrected chi connectivity index (χ3v) is 3.56. The highest BCUT2D eigenvalue weighted by Crippen LogP contribution is 2.17. The number of hydrogen-bond donors (Lipinski definition) is 1. The molecule has 6 heteroatoms. The van der Waals surface area contributed by atoms with Crippen molar-refractivity contribution in [1.29, 1.82) is 0 Å². The summed E-state index contributed by atoms with van der Waals surface area (Å²) in [5.74, 6) is -0.443. The molecule has 6 nitrogen and oxygen atoms in total. The molecule has 120 valence electrons. The maximum atomic E-state index is 12.1. The summed E-state index contributed by atoms with van der Waals surface area (Å²) < 4.78 is 10.5. The maximum absolute atomic E-state index is 12.1. The fraction of sp³-hybridized carbons (Fsp3) is 0.500. The van der Waals surface area contributed by atoms with Crippen LogP contribution in [0.2, 0.25) is 0 Å². The lowest BCUT2D eigenvalue weighted by Crippen LogP contribution is -2.29. The number of carbonyl (C=O) groups is 2. The van der Waals surface area contributed by atoms with E-state index >= 15 is 0 Å². The van der Waals surface area contributed by atoms with Gasteiger partial charge in [-0.25, -0.2) is 4.79 Å². The van der Waals surface area contributed by atoms with Crippen LogP contribution < -0.4 is 4.74 Å². The van der Waals surface area contributed by atoms with Crippen LogP contribution in [0.1, 0.15) is 24.8 Å². The van der Waals surface area contributed by atoms with Crippen LogP contribution in [0.15, 0.2) is 24.3 Å². The summed E-state index contributed by atoms with van der Waals surface area (Å²) in [5, 5.41) is 8.55. The summed E-state index contributed by atoms with van der Waals surface area (Å²) in [6.45, 7) is 0.892. The molecule has 1 fully saturated rings. The van der Waals surface area contributed by atoms with Crippen molar-refractivity contribution in [3.8, 4) is 5.75 Å². The van der Waals surface area contributed by atoms with Gasteiger partial charge in [0.05, 0.1) is 12.5 Å². The van der Waals surface area contributed by atoms with Crippen molar-refractivity contribution in [2.24, 2.45) is 0 Å². The first kappa shape index (κ1) is 16.3. The molecule has 0 saturated carbocycles. The van der Waals surface area contributed by atoms with Crippen LogP contribution >= 0.6 is 0 Å². The number of benzene rings is 1. The molecule has 1 aromatic rings. The molecule has 1 saturated heterocycles. The van der Waals surface area contributed by atoms with Gasteiger partial charge in [0.15, 0.2) is 6.61 Å². The van der Waals surface area contributed by atoms with Gasteiger partial charge in [-0.15, -0.1) is 0 Å². The smallest absolute Gasteiger partial charge is 0.341 e. The Balaban J connectivity index is 1.81. The van der Waals surface area contributed by atoms with Gasteiger partial charge in [-0.2, -0.15) is 0 Å². The Bertz CT molecular complexity index is 508. The molecule has 1 unspecified atom stereocenters. The molecule has 0 aromatic heterocycles. The third kappa shape index (κ3) is 5.04. The van der Waals surface area contributed by atoms with Crippen LogP contribution in [0.25, 0.3) is 0 Å². The predicted molar refractivity (Wildman–Crippen MR) is 79.6 cm³/mol. The zero-order valence-corrected chi connectivity index (χ0v) is 12.7. The normalized spacial score (nSPS) is 17.2. The van der Waals surface area contributed by atoms with E-state index in [1.54, 1.807) is 24.1 Å². The largest absolute Gasteiger partial charge is 0.482 e. The number of carboxylic acids is 1. The minimum absolute atomic E-state index is 0.0572. The minimum Gasteiger partial charge on any atom is -0.482 e. The highest BCUT2D eigenvalue weighted by Gasteiger charge is 2.21. The molecule has 22 heavy (non-hydrogen) atoms. The summed E-state index contributed by atoms with van der Waals surface area (Å²) in [6, 6.07) is 7.06. The number of rotatable bonds is 7. The number of amides is 1. The first-order valence-corrected chi connectivity index (χ1v) is 7.33. The molecular formula is C16H21NO5. The molecule has 1 amide bonds. The Hall–Kier alpha value is -2.08. The topological polar surface area (TPSA) is 76.1 Å². The lowest BCUT2D eigenvalue weighted by atomic mass is 10.1. The van der Waals surface area contributed by atoms with Crippen molar-refractivity contribution >= 4 is 11.9 Å². The Morgan fingerprint density at radius 1 is 1.36 bits per heavy atom. The lowest BCUT2D eigenvalue weighted by molar-refractivity contribution is -0.139. The van der Waals surface area contributed by atoms with Crippen LogP contribution in [-0.2, 0) is 20.9 Å². The third-order valence-electron chi connectivity index (χ3n) is 3.56. The highest BCUT2D eigenvalue weighted by atomic mass is 16.5. The molecule has 1 heterocycles. The van der Waals surface area contributed by atoms with E-state index in [1.807, 2.05) is 12.1 Å². The van der Waals surface area contributed by atoms with Crippen molar-refractivity contribution in [2.45, 2.75) is 31.9 Å². The van der Waals surface area contributed by atoms with Gasteiger partial charge in [0.1, 0.15) is 5.75 Å². The predicted octanol–water partition coefficient (Wildman–Crippen LogP) is 1.68. The Kier molecular flexibility index (Phi) is 5.77. The van der Waals surface area contributed by atoms with Crippen LogP contribution in [0.5, 0.6) is 5.75 Å². The minimum atomic E-state index is -1.01. The van der Waals surface area contributed by atoms with Gasteiger partial charge in [0, 0.05) is 20.2 Å². The van der Waals surface area contributed by atoms with Crippen LogP contribution in [0.4, 0.5) is 0 Å². The van der Waals surface area contributed by atoms with Gasteiger partial charge in [0.25, 0.3) is 0 Å². The quantitative estimate of drug-likeness (QED) is 0.829. The van der Waals surface area contributed by atoms with Crippen LogP contribution in [-0.4, -0.2) is 48.2 Å². The average Bonchev–Trinajstić information content (AvgIpc) is 2.99. The van der Waals surface area contributed by atoms with Crippen molar-refractivity contribution in [3.63, 3.8) is 0 Å². The van der Waals surface area contributed by atoms with E-state index in [1.165, 1.54) is 0 Å². The fourth-order valence-electron chi connectivity index (χ4n) is 2.35. The second-order valence-electron chi connectivity index (χ2n) is 5.42. The van der Waals surface area contributed by atoms with Crippen molar-refractivity contribution < 1.29 is 24.2 Å². The van der Waals surface area contributed by atoms with E-state index in [0.717, 1.165) is 25.0 Å². The molecule has 1 aromatic carbocycles. The van der Waals surface area contributed by atoms with E-state index in [2.05, 4.69) is 0 Å². The zero-order valence-electron chi connectivity index (χ0n) is 12.7. The lowest BCUT2D eigenvalue weighted by Gasteiger charge is -2.19. The van der Waals surface area contributed by atoms with Crippen LogP contribution in [0.3, 0.4) is 0 Å². The summed E-state index contributed by atoms with van der Waals surface area (Å²) in [6.07, 6.45) is 2.46. The highest BCUT2D eigenvalue weighted by molar-refractivity contribution is 5.76. The average molecular weight is 307 g/mol. The van der Waals surface area contributed by atoms with Crippen molar-refractivity contribution in [1.82, 2.24) is 4.90 Å². The van der Waals surface area contributed by atoms with E-state index in [4.69, 9.17) is 14.6 Å². The van der Waals surface area contributed by atoms with Crippen molar-refractivity contribution in [2.75, 3.05) is 20.3 Å². The molecule has 1 aliphatic heterocycles. The first-order valence-electron chi connectivity index (χ1n) is 7.33. The van der Waals surface area contributed by atoms with E-state index in [9.17, 15) is 9.59 Å². The van der Waals surface area contributed by atoms with Gasteiger partial charge in [-0.3, -0.25) is 4.79 Å². The second-order valence-corrected chi connectivity index (χ2v) is 5.42. The number of aliphatic carboxylic acids is 1. The Morgan fingerprint density at radius 3 is 2.68 bits per heavy atom. The Labute approximate surface area is 129 Å². The molecule has 0 spiro atoms. The molecule has 0 bridgehead atoms. The summed E-state index contributed by atoms with van der Waals surface area (Å²) in [4.78, 5) is 24.2. The monoisotopic (exact) mass is 307 g/mol. The number of carboxylic acid groups (broad SMARTS) is 1. The standard InChI is InChI=1S/C16H21NO5/c1-17(15(18)9-14-3-2-8-21-14)10-12-4-6-13(7-5-12)22-11-16(19)20/h4-7,14H,2-3,8-11H2,1H3,(H,19,20). The van der Waals surface area contributed by atoms with E-state index < -0.39 is 5.97 Å². The molecule has 1 N–H and O–H groups in total. The first-order chi connectivity index (χ1) is 10.5. The number of nitrogens with zero attached hydrogens (tertiary/aromatic N) is 1. The van der Waals surface area contributed by atoms with Gasteiger partial charge in [-0.05, 0) is 30.5 Å². The summed E-state index contributed by atoms with van der Waals surface area (Å²) in [5.41, 5.74) is 0.964. The zero-order chi connectivity index (χ0) is 15.9. The maximum Gasteiger partial charge on any atom is 0.341 e. The van der Waals surface area contributed by atoms with E-state index in [-0.39, 0.29) is 18.6 Å². The second kappa shape index (κ2) is 7.79. The Morgan fingerprint density at radius 2 is 2.09 bits per heavy atom. The molecule has 0 radical (unpaired) electrons. The van der Waals surface area contributed by atoms with E-state index in [0.29, 0.717) is 18.7 Å². The molecule has 2 rings (SSSR count). The summed E-state index contributed by atoms with van der Waals surface area (Å²) >= 11 is 0. The molecule has 1 atom stereocenters. The number of carbonyl (C=O) groups excluding carboxylic acids is 1. The van der Waals surface area contributed by atoms with Gasteiger partial charge >= 0.3 is 5.97 Å². The van der Waals surface area contributed by atoms with Gasteiger partial charge in [0.2, 0.25) is 5.91 Å². The van der Waals surface area contributed by atoms with Gasteiger partial charge < -0.3 is 19.5 Å². The van der Waals surface area contributed by atoms with Gasteiger partial charge in [-0.1, -0.05) is 12.1 Å². The molecular weight excluding hydrogens is 286 g/mol. The molecule has 0 aliphatic carbocycles. The van der Waals surface area contributed by atoms with Crippen molar-refractivity contribution in [3.05, 3.63) is 29.8 Å².